The fraction of sp³-hybridized carbons (Fsp3) is 0.750. The molecule has 7 atom stereocenters. The van der Waals surface area contributed by atoms with Gasteiger partial charge in [0.2, 0.25) is 0 Å². The van der Waals surface area contributed by atoms with Crippen LogP contribution in [-0.4, -0.2) is 45.7 Å². The lowest BCUT2D eigenvalue weighted by Crippen LogP contribution is -2.37. The van der Waals surface area contributed by atoms with Gasteiger partial charge in [0.1, 0.15) is 6.10 Å². The first-order valence-corrected chi connectivity index (χ1v) is 9.29. The van der Waals surface area contributed by atoms with E-state index < -0.39 is 23.8 Å². The summed E-state index contributed by atoms with van der Waals surface area (Å²) in [4.78, 5) is 12.0. The summed E-state index contributed by atoms with van der Waals surface area (Å²) in [6.45, 7) is 9.70. The lowest BCUT2D eigenvalue weighted by atomic mass is 9.81. The van der Waals surface area contributed by atoms with Crippen LogP contribution >= 0.6 is 0 Å². The lowest BCUT2D eigenvalue weighted by molar-refractivity contribution is -0.146. The van der Waals surface area contributed by atoms with Crippen molar-refractivity contribution in [1.82, 2.24) is 0 Å². The summed E-state index contributed by atoms with van der Waals surface area (Å²) < 4.78 is 11.3. The molecule has 0 spiro atoms. The topological polar surface area (TPSA) is 79.3 Å². The SMILES string of the molecule is C=C1C(=O)O[C@H]2[C@@H](O)[C@H](C)CCC[C@](C)(O)/C=C\C[C@@]3(C)O[C@@H]3C[C@@H]12. The van der Waals surface area contributed by atoms with Gasteiger partial charge in [-0.05, 0) is 51.9 Å². The zero-order valence-corrected chi connectivity index (χ0v) is 15.4. The number of hydrogen-bond donors (Lipinski definition) is 2. The Morgan fingerprint density at radius 2 is 2.08 bits per heavy atom. The minimum atomic E-state index is -0.855. The summed E-state index contributed by atoms with van der Waals surface area (Å²) in [6, 6.07) is 0. The van der Waals surface area contributed by atoms with E-state index >= 15 is 0 Å². The van der Waals surface area contributed by atoms with Crippen molar-refractivity contribution in [3.05, 3.63) is 24.3 Å². The minimum Gasteiger partial charge on any atom is -0.456 e. The van der Waals surface area contributed by atoms with Crippen molar-refractivity contribution in [3.8, 4) is 0 Å². The monoisotopic (exact) mass is 350 g/mol. The number of aliphatic hydroxyl groups is 2. The third-order valence-corrected chi connectivity index (χ3v) is 6.11. The predicted molar refractivity (Wildman–Crippen MR) is 93.8 cm³/mol. The summed E-state index contributed by atoms with van der Waals surface area (Å²) in [6.07, 6.45) is 6.08. The fourth-order valence-corrected chi connectivity index (χ4v) is 4.12. The second-order valence-electron chi connectivity index (χ2n) is 8.48. The van der Waals surface area contributed by atoms with Crippen molar-refractivity contribution in [2.45, 2.75) is 82.4 Å². The molecule has 0 bridgehead atoms. The standard InChI is InChI=1S/C20H30O5/c1-12-7-5-8-19(3,23)9-6-10-20(4)15(25-20)11-14-13(2)18(22)24-17(14)16(12)21/h6,9,12,14-17,21,23H,2,5,7-8,10-11H2,1,3-4H3/b9-6-/t12-,14+,15-,16+,17-,19+,20-/m1/s1. The third-order valence-electron chi connectivity index (χ3n) is 6.11. The zero-order valence-electron chi connectivity index (χ0n) is 15.4. The van der Waals surface area contributed by atoms with Gasteiger partial charge in [-0.3, -0.25) is 0 Å². The highest BCUT2D eigenvalue weighted by Gasteiger charge is 2.55. The zero-order chi connectivity index (χ0) is 18.4. The molecule has 5 heteroatoms. The number of epoxide rings is 1. The highest BCUT2D eigenvalue weighted by Crippen LogP contribution is 2.47. The molecule has 2 fully saturated rings. The van der Waals surface area contributed by atoms with E-state index in [1.807, 2.05) is 32.9 Å². The van der Waals surface area contributed by atoms with Gasteiger partial charge in [-0.1, -0.05) is 25.7 Å². The summed E-state index contributed by atoms with van der Waals surface area (Å²) in [5.41, 5.74) is -0.699. The molecule has 3 rings (SSSR count). The second kappa shape index (κ2) is 6.53. The first-order valence-electron chi connectivity index (χ1n) is 9.29. The molecular formula is C20H30O5. The Bertz CT molecular complexity index is 581. The normalized spacial score (nSPS) is 49.6. The summed E-state index contributed by atoms with van der Waals surface area (Å²) in [7, 11) is 0. The molecule has 3 aliphatic rings. The first-order chi connectivity index (χ1) is 11.6. The molecule has 0 aromatic heterocycles. The van der Waals surface area contributed by atoms with Gasteiger partial charge in [-0.2, -0.15) is 0 Å². The van der Waals surface area contributed by atoms with Crippen molar-refractivity contribution >= 4 is 5.97 Å². The van der Waals surface area contributed by atoms with Gasteiger partial charge >= 0.3 is 5.97 Å². The maximum absolute atomic E-state index is 12.0. The molecule has 2 heterocycles. The van der Waals surface area contributed by atoms with Gasteiger partial charge in [0.25, 0.3) is 0 Å². The Labute approximate surface area is 149 Å². The number of carbonyl (C=O) groups excluding carboxylic acids is 1. The largest absolute Gasteiger partial charge is 0.456 e. The summed E-state index contributed by atoms with van der Waals surface area (Å²) in [5.74, 6) is -0.636. The van der Waals surface area contributed by atoms with Crippen LogP contribution in [0.25, 0.3) is 0 Å². The van der Waals surface area contributed by atoms with Crippen molar-refractivity contribution in [2.24, 2.45) is 11.8 Å². The smallest absolute Gasteiger partial charge is 0.334 e. The van der Waals surface area contributed by atoms with Crippen molar-refractivity contribution in [2.75, 3.05) is 0 Å². The van der Waals surface area contributed by atoms with Crippen LogP contribution in [0.5, 0.6) is 0 Å². The molecule has 25 heavy (non-hydrogen) atoms. The highest BCUT2D eigenvalue weighted by molar-refractivity contribution is 5.90. The molecule has 0 aromatic rings. The van der Waals surface area contributed by atoms with Crippen LogP contribution in [-0.2, 0) is 14.3 Å². The number of ether oxygens (including phenoxy) is 2. The van der Waals surface area contributed by atoms with Crippen molar-refractivity contribution in [1.29, 1.82) is 0 Å². The Morgan fingerprint density at radius 1 is 1.36 bits per heavy atom. The predicted octanol–water partition coefficient (Wildman–Crippen LogP) is 2.51. The van der Waals surface area contributed by atoms with E-state index in [4.69, 9.17) is 9.47 Å². The number of fused-ring (bicyclic) bond motifs is 2. The number of aliphatic hydroxyl groups excluding tert-OH is 1. The molecule has 140 valence electrons. The van der Waals surface area contributed by atoms with Crippen LogP contribution in [0.3, 0.4) is 0 Å². The Morgan fingerprint density at radius 3 is 2.80 bits per heavy atom. The molecule has 0 radical (unpaired) electrons. The van der Waals surface area contributed by atoms with Gasteiger partial charge in [-0.25, -0.2) is 4.79 Å². The van der Waals surface area contributed by atoms with Crippen LogP contribution in [0.2, 0.25) is 0 Å². The third kappa shape index (κ3) is 3.83. The quantitative estimate of drug-likeness (QED) is 0.304. The van der Waals surface area contributed by atoms with Crippen molar-refractivity contribution < 1.29 is 24.5 Å². The number of esters is 1. The van der Waals surface area contributed by atoms with Crippen LogP contribution in [0.15, 0.2) is 24.3 Å². The van der Waals surface area contributed by atoms with Crippen LogP contribution in [0, 0.1) is 11.8 Å². The van der Waals surface area contributed by atoms with E-state index in [-0.39, 0.29) is 23.5 Å². The number of carbonyl (C=O) groups is 1. The van der Waals surface area contributed by atoms with Gasteiger partial charge in [-0.15, -0.1) is 0 Å². The second-order valence-corrected chi connectivity index (χ2v) is 8.48. The molecule has 1 aliphatic carbocycles. The first kappa shape index (κ1) is 18.6. The molecule has 0 amide bonds. The van der Waals surface area contributed by atoms with Gasteiger partial charge in [0.05, 0.1) is 23.4 Å². The van der Waals surface area contributed by atoms with E-state index in [0.29, 0.717) is 24.8 Å². The van der Waals surface area contributed by atoms with E-state index in [2.05, 4.69) is 6.58 Å². The number of hydrogen-bond acceptors (Lipinski definition) is 5. The fourth-order valence-electron chi connectivity index (χ4n) is 4.12. The number of rotatable bonds is 0. The molecule has 2 aliphatic heterocycles. The van der Waals surface area contributed by atoms with Crippen LogP contribution in [0.1, 0.15) is 52.9 Å². The van der Waals surface area contributed by atoms with E-state index in [1.165, 1.54) is 0 Å². The molecule has 0 aromatic carbocycles. The maximum Gasteiger partial charge on any atom is 0.334 e. The molecule has 2 N–H and O–H groups in total. The average molecular weight is 350 g/mol. The Balaban J connectivity index is 1.82. The molecule has 0 unspecified atom stereocenters. The van der Waals surface area contributed by atoms with Gasteiger partial charge < -0.3 is 19.7 Å². The molecule has 0 saturated carbocycles. The molecule has 2 saturated heterocycles. The van der Waals surface area contributed by atoms with E-state index in [9.17, 15) is 15.0 Å². The van der Waals surface area contributed by atoms with Gasteiger partial charge in [0.15, 0.2) is 0 Å². The maximum atomic E-state index is 12.0. The molecule has 5 nitrogen and oxygen atoms in total. The van der Waals surface area contributed by atoms with E-state index in [1.54, 1.807) is 0 Å². The average Bonchev–Trinajstić information content (AvgIpc) is 3.07. The minimum absolute atomic E-state index is 0.00583. The van der Waals surface area contributed by atoms with Crippen LogP contribution in [0.4, 0.5) is 0 Å². The summed E-state index contributed by atoms with van der Waals surface area (Å²) in [5, 5.41) is 21.2. The Hall–Kier alpha value is -1.17. The van der Waals surface area contributed by atoms with Crippen molar-refractivity contribution in [3.63, 3.8) is 0 Å². The van der Waals surface area contributed by atoms with Gasteiger partial charge in [0, 0.05) is 11.5 Å². The highest BCUT2D eigenvalue weighted by atomic mass is 16.6. The summed E-state index contributed by atoms with van der Waals surface area (Å²) >= 11 is 0. The van der Waals surface area contributed by atoms with E-state index in [0.717, 1.165) is 12.8 Å². The lowest BCUT2D eigenvalue weighted by Gasteiger charge is -2.28. The molecular weight excluding hydrogens is 320 g/mol. The Kier molecular flexibility index (Phi) is 4.86. The van der Waals surface area contributed by atoms with Crippen LogP contribution < -0.4 is 0 Å².